The molecule has 1 aromatic carbocycles. The highest BCUT2D eigenvalue weighted by Gasteiger charge is 2.43. The van der Waals surface area contributed by atoms with Gasteiger partial charge in [-0.15, -0.1) is 13.2 Å². The lowest BCUT2D eigenvalue weighted by Gasteiger charge is -2.37. The van der Waals surface area contributed by atoms with Crippen molar-refractivity contribution in [1.29, 1.82) is 0 Å². The summed E-state index contributed by atoms with van der Waals surface area (Å²) in [5.74, 6) is -0.277. The number of carbonyl (C=O) groups is 2. The maximum absolute atomic E-state index is 12.4. The molecule has 2 saturated heterocycles. The van der Waals surface area contributed by atoms with E-state index in [1.165, 1.54) is 18.2 Å². The number of benzene rings is 1. The Labute approximate surface area is 179 Å². The molecule has 31 heavy (non-hydrogen) atoms. The first kappa shape index (κ1) is 23.3. The van der Waals surface area contributed by atoms with Crippen molar-refractivity contribution in [3.8, 4) is 5.75 Å². The van der Waals surface area contributed by atoms with Gasteiger partial charge in [-0.1, -0.05) is 12.1 Å². The smallest absolute Gasteiger partial charge is 0.406 e. The summed E-state index contributed by atoms with van der Waals surface area (Å²) in [7, 11) is 0. The Balaban J connectivity index is 1.54. The van der Waals surface area contributed by atoms with Crippen molar-refractivity contribution in [1.82, 2.24) is 20.9 Å². The number of fused-ring (bicyclic) bond motifs is 1. The van der Waals surface area contributed by atoms with E-state index in [1.54, 1.807) is 6.07 Å². The van der Waals surface area contributed by atoms with Gasteiger partial charge < -0.3 is 20.7 Å². The van der Waals surface area contributed by atoms with Crippen molar-refractivity contribution < 1.29 is 27.5 Å². The molecule has 0 aliphatic carbocycles. The number of nitrogens with one attached hydrogen (secondary N) is 3. The molecule has 2 heterocycles. The summed E-state index contributed by atoms with van der Waals surface area (Å²) in [4.78, 5) is 26.4. The second-order valence-electron chi connectivity index (χ2n) is 8.38. The van der Waals surface area contributed by atoms with Crippen LogP contribution in [0.1, 0.15) is 38.7 Å². The largest absolute Gasteiger partial charge is 0.573 e. The van der Waals surface area contributed by atoms with Crippen molar-refractivity contribution in [2.45, 2.75) is 70.2 Å². The van der Waals surface area contributed by atoms with Gasteiger partial charge in [0.15, 0.2) is 0 Å². The fraction of sp³-hybridized carbons (Fsp3) is 0.619. The van der Waals surface area contributed by atoms with Crippen LogP contribution in [0.3, 0.4) is 0 Å². The molecule has 10 heteroatoms. The van der Waals surface area contributed by atoms with E-state index in [2.05, 4.69) is 25.6 Å². The molecule has 1 aromatic rings. The fourth-order valence-electron chi connectivity index (χ4n) is 4.20. The lowest BCUT2D eigenvalue weighted by atomic mass is 10.0. The number of carbonyl (C=O) groups excluding carboxylic acids is 2. The number of amides is 2. The van der Waals surface area contributed by atoms with Crippen LogP contribution >= 0.6 is 0 Å². The quantitative estimate of drug-likeness (QED) is 0.573. The maximum atomic E-state index is 12.4. The molecule has 2 aliphatic rings. The minimum atomic E-state index is -4.73. The van der Waals surface area contributed by atoms with Crippen LogP contribution in [0.25, 0.3) is 0 Å². The number of nitrogens with zero attached hydrogens (tertiary/aromatic N) is 1. The number of halogens is 3. The van der Waals surface area contributed by atoms with E-state index >= 15 is 0 Å². The molecule has 0 aromatic heterocycles. The number of ether oxygens (including phenoxy) is 1. The zero-order valence-corrected chi connectivity index (χ0v) is 17.7. The summed E-state index contributed by atoms with van der Waals surface area (Å²) in [5.41, 5.74) is 0.665. The van der Waals surface area contributed by atoms with Crippen molar-refractivity contribution in [2.24, 2.45) is 0 Å². The monoisotopic (exact) mass is 442 g/mol. The van der Waals surface area contributed by atoms with E-state index in [0.29, 0.717) is 44.5 Å². The molecule has 0 bridgehead atoms. The van der Waals surface area contributed by atoms with Gasteiger partial charge in [0.25, 0.3) is 0 Å². The minimum Gasteiger partial charge on any atom is -0.406 e. The minimum absolute atomic E-state index is 0.00159. The van der Waals surface area contributed by atoms with Crippen LogP contribution in [0.15, 0.2) is 24.3 Å². The van der Waals surface area contributed by atoms with Gasteiger partial charge in [-0.2, -0.15) is 0 Å². The zero-order chi connectivity index (χ0) is 22.6. The molecule has 0 unspecified atom stereocenters. The molecule has 0 radical (unpaired) electrons. The van der Waals surface area contributed by atoms with Gasteiger partial charge in [-0.25, -0.2) is 0 Å². The van der Waals surface area contributed by atoms with E-state index < -0.39 is 6.36 Å². The van der Waals surface area contributed by atoms with E-state index in [4.69, 9.17) is 0 Å². The molecule has 0 spiro atoms. The highest BCUT2D eigenvalue weighted by molar-refractivity contribution is 5.83. The van der Waals surface area contributed by atoms with Crippen LogP contribution in [0.5, 0.6) is 5.75 Å². The van der Waals surface area contributed by atoms with Crippen LogP contribution in [-0.4, -0.2) is 60.3 Å². The molecule has 2 aliphatic heterocycles. The number of hydrogen-bond acceptors (Lipinski definition) is 5. The van der Waals surface area contributed by atoms with E-state index in [9.17, 15) is 22.8 Å². The molecule has 3 rings (SSSR count). The van der Waals surface area contributed by atoms with Gasteiger partial charge in [-0.3, -0.25) is 14.5 Å². The summed E-state index contributed by atoms with van der Waals surface area (Å²) in [6.45, 7) is 5.34. The molecule has 172 valence electrons. The predicted octanol–water partition coefficient (Wildman–Crippen LogP) is 1.92. The Bertz CT molecular complexity index is 787. The lowest BCUT2D eigenvalue weighted by Crippen LogP contribution is -2.58. The Kier molecular flexibility index (Phi) is 7.42. The normalized spacial score (nSPS) is 24.1. The summed E-state index contributed by atoms with van der Waals surface area (Å²) < 4.78 is 41.2. The predicted molar refractivity (Wildman–Crippen MR) is 108 cm³/mol. The molecule has 2 fully saturated rings. The van der Waals surface area contributed by atoms with E-state index in [1.807, 2.05) is 13.8 Å². The SMILES string of the molecule is CC(C)NC(=O)CC[C@H]1CNC(=O)[C@H]2C[C@H](NCc3cccc(OC(F)(F)F)c3)CN12. The first-order valence-corrected chi connectivity index (χ1v) is 10.5. The number of alkyl halides is 3. The van der Waals surface area contributed by atoms with Gasteiger partial charge >= 0.3 is 6.36 Å². The highest BCUT2D eigenvalue weighted by atomic mass is 19.4. The molecule has 2 amide bonds. The third kappa shape index (κ3) is 6.83. The zero-order valence-electron chi connectivity index (χ0n) is 17.7. The van der Waals surface area contributed by atoms with Gasteiger partial charge in [0, 0.05) is 44.2 Å². The molecule has 7 nitrogen and oxygen atoms in total. The van der Waals surface area contributed by atoms with Crippen molar-refractivity contribution in [2.75, 3.05) is 13.1 Å². The average Bonchev–Trinajstić information content (AvgIpc) is 3.10. The number of piperazine rings is 1. The van der Waals surface area contributed by atoms with E-state index in [-0.39, 0.29) is 41.7 Å². The third-order valence-electron chi connectivity index (χ3n) is 5.50. The molecule has 3 N–H and O–H groups in total. The van der Waals surface area contributed by atoms with Gasteiger partial charge in [0.1, 0.15) is 5.75 Å². The summed E-state index contributed by atoms with van der Waals surface area (Å²) in [6.07, 6.45) is -3.07. The number of hydrogen-bond donors (Lipinski definition) is 3. The van der Waals surface area contributed by atoms with Crippen LogP contribution < -0.4 is 20.7 Å². The summed E-state index contributed by atoms with van der Waals surface area (Å²) >= 11 is 0. The first-order chi connectivity index (χ1) is 14.6. The van der Waals surface area contributed by atoms with Crippen LogP contribution in [0, 0.1) is 0 Å². The molecular weight excluding hydrogens is 413 g/mol. The second-order valence-corrected chi connectivity index (χ2v) is 8.38. The molecular formula is C21H29F3N4O3. The number of rotatable bonds is 8. The van der Waals surface area contributed by atoms with Crippen LogP contribution in [0.2, 0.25) is 0 Å². The van der Waals surface area contributed by atoms with Crippen LogP contribution in [0.4, 0.5) is 13.2 Å². The summed E-state index contributed by atoms with van der Waals surface area (Å²) in [6, 6.07) is 5.78. The fourth-order valence-corrected chi connectivity index (χ4v) is 4.20. The third-order valence-corrected chi connectivity index (χ3v) is 5.50. The Morgan fingerprint density at radius 2 is 2.13 bits per heavy atom. The van der Waals surface area contributed by atoms with Gasteiger partial charge in [0.05, 0.1) is 6.04 Å². The van der Waals surface area contributed by atoms with Gasteiger partial charge in [0.2, 0.25) is 11.8 Å². The molecule has 0 saturated carbocycles. The van der Waals surface area contributed by atoms with Crippen LogP contribution in [-0.2, 0) is 16.1 Å². The summed E-state index contributed by atoms with van der Waals surface area (Å²) in [5, 5.41) is 9.15. The Morgan fingerprint density at radius 3 is 2.84 bits per heavy atom. The van der Waals surface area contributed by atoms with Gasteiger partial charge in [-0.05, 0) is 44.4 Å². The highest BCUT2D eigenvalue weighted by Crippen LogP contribution is 2.27. The topological polar surface area (TPSA) is 82.7 Å². The maximum Gasteiger partial charge on any atom is 0.573 e. The van der Waals surface area contributed by atoms with Crippen molar-refractivity contribution in [3.05, 3.63) is 29.8 Å². The van der Waals surface area contributed by atoms with Crippen molar-refractivity contribution >= 4 is 11.8 Å². The first-order valence-electron chi connectivity index (χ1n) is 10.5. The molecule has 3 atom stereocenters. The second kappa shape index (κ2) is 9.86. The Morgan fingerprint density at radius 1 is 1.35 bits per heavy atom. The average molecular weight is 442 g/mol. The van der Waals surface area contributed by atoms with E-state index in [0.717, 1.165) is 0 Å². The lowest BCUT2D eigenvalue weighted by molar-refractivity contribution is -0.274. The standard InChI is InChI=1S/C21H29F3N4O3/c1-13(2)27-19(29)7-6-16-11-26-20(30)18-9-15(12-28(16)18)25-10-14-4-3-5-17(8-14)31-21(22,23)24/h3-5,8,13,15-16,18,25H,6-7,9-12H2,1-2H3,(H,26,30)(H,27,29)/t15-,16-,18+/m0/s1. The van der Waals surface area contributed by atoms with Crippen molar-refractivity contribution in [3.63, 3.8) is 0 Å². The Hall–Kier alpha value is -2.33.